The van der Waals surface area contributed by atoms with E-state index in [-0.39, 0.29) is 29.4 Å². The van der Waals surface area contributed by atoms with Crippen molar-refractivity contribution in [2.24, 2.45) is 5.92 Å². The van der Waals surface area contributed by atoms with Gasteiger partial charge in [0.1, 0.15) is 0 Å². The molecule has 0 aliphatic carbocycles. The van der Waals surface area contributed by atoms with Gasteiger partial charge in [0.15, 0.2) is 0 Å². The third kappa shape index (κ3) is 5.12. The van der Waals surface area contributed by atoms with E-state index in [1.165, 1.54) is 0 Å². The van der Waals surface area contributed by atoms with Gasteiger partial charge in [-0.1, -0.05) is 54.6 Å². The molecule has 1 rings (SSSR count). The second-order valence-corrected chi connectivity index (χ2v) is 6.04. The largest absolute Gasteiger partial charge is 1.00 e. The predicted octanol–water partition coefficient (Wildman–Crippen LogP) is 2.39. The normalized spacial score (nSPS) is 10.9. The van der Waals surface area contributed by atoms with E-state index < -0.39 is 0 Å². The topological polar surface area (TPSA) is 17.1 Å². The third-order valence-corrected chi connectivity index (χ3v) is 4.40. The van der Waals surface area contributed by atoms with Crippen molar-refractivity contribution < 1.29 is 23.7 Å². The minimum absolute atomic E-state index is 0. The number of carbonyl (C=O) groups is 1. The SMILES string of the molecule is CC(C)C[P-]C(=O)c1c(Cl)ccc(Cl)c1Cl.[Li+]. The summed E-state index contributed by atoms with van der Waals surface area (Å²) in [6.45, 7) is 4.11. The van der Waals surface area contributed by atoms with Crippen LogP contribution in [0.5, 0.6) is 0 Å². The van der Waals surface area contributed by atoms with Crippen LogP contribution in [0, 0.1) is 5.92 Å². The zero-order chi connectivity index (χ0) is 12.3. The van der Waals surface area contributed by atoms with Crippen LogP contribution >= 0.6 is 43.4 Å². The first-order valence-corrected chi connectivity index (χ1v) is 7.00. The first-order valence-electron chi connectivity index (χ1n) is 4.78. The Bertz CT molecular complexity index is 410. The van der Waals surface area contributed by atoms with Crippen molar-refractivity contribution in [1.29, 1.82) is 0 Å². The molecule has 1 aromatic carbocycles. The monoisotopic (exact) mass is 302 g/mol. The van der Waals surface area contributed by atoms with Crippen molar-refractivity contribution in [1.82, 2.24) is 0 Å². The van der Waals surface area contributed by atoms with Crippen LogP contribution in [0.3, 0.4) is 0 Å². The van der Waals surface area contributed by atoms with Gasteiger partial charge in [-0.05, 0) is 12.1 Å². The predicted molar refractivity (Wildman–Crippen MR) is 72.4 cm³/mol. The quantitative estimate of drug-likeness (QED) is 0.474. The van der Waals surface area contributed by atoms with Crippen LogP contribution in [-0.4, -0.2) is 11.7 Å². The summed E-state index contributed by atoms with van der Waals surface area (Å²) in [5.74, 6) is 0.461. The fourth-order valence-electron chi connectivity index (χ4n) is 1.07. The molecular formula is C11H11Cl3LiOP. The van der Waals surface area contributed by atoms with Crippen LogP contribution in [0.4, 0.5) is 0 Å². The molecule has 0 N–H and O–H groups in total. The Morgan fingerprint density at radius 1 is 1.24 bits per heavy atom. The van der Waals surface area contributed by atoms with E-state index in [4.69, 9.17) is 34.8 Å². The number of benzene rings is 1. The molecule has 0 heterocycles. The number of rotatable bonds is 4. The Morgan fingerprint density at radius 3 is 2.29 bits per heavy atom. The average molecular weight is 303 g/mol. The van der Waals surface area contributed by atoms with Crippen molar-refractivity contribution in [2.45, 2.75) is 13.8 Å². The van der Waals surface area contributed by atoms with Gasteiger partial charge < -0.3 is 13.4 Å². The summed E-state index contributed by atoms with van der Waals surface area (Å²) in [4.78, 5) is 11.9. The van der Waals surface area contributed by atoms with Crippen molar-refractivity contribution in [3.63, 3.8) is 0 Å². The van der Waals surface area contributed by atoms with E-state index in [1.807, 2.05) is 0 Å². The molecule has 6 heteroatoms. The molecule has 1 nitrogen and oxygen atoms in total. The Kier molecular flexibility index (Phi) is 8.43. The van der Waals surface area contributed by atoms with Gasteiger partial charge >= 0.3 is 18.9 Å². The minimum Gasteiger partial charge on any atom is -0.459 e. The van der Waals surface area contributed by atoms with Gasteiger partial charge in [0.05, 0.1) is 15.1 Å². The molecule has 17 heavy (non-hydrogen) atoms. The smallest absolute Gasteiger partial charge is 0.459 e. The van der Waals surface area contributed by atoms with E-state index in [0.717, 1.165) is 6.16 Å². The molecule has 0 fully saturated rings. The maximum atomic E-state index is 11.9. The average Bonchev–Trinajstić information content (AvgIpc) is 2.21. The summed E-state index contributed by atoms with van der Waals surface area (Å²) in [6, 6.07) is 3.18. The molecule has 0 amide bonds. The summed E-state index contributed by atoms with van der Waals surface area (Å²) in [7, 11) is 0.697. The summed E-state index contributed by atoms with van der Waals surface area (Å²) in [5, 5.41) is 0.959. The maximum absolute atomic E-state index is 11.9. The molecule has 0 aliphatic rings. The van der Waals surface area contributed by atoms with Gasteiger partial charge in [0, 0.05) is 11.1 Å². The van der Waals surface area contributed by atoms with Gasteiger partial charge in [-0.2, -0.15) is 6.16 Å². The summed E-state index contributed by atoms with van der Waals surface area (Å²) in [6.07, 6.45) is 0.790. The van der Waals surface area contributed by atoms with Crippen molar-refractivity contribution in [3.8, 4) is 0 Å². The second kappa shape index (κ2) is 8.06. The minimum atomic E-state index is -0.0776. The standard InChI is InChI=1S/C11H11Cl3OP.Li/c1-6(2)5-16-11(15)9-7(12)3-4-8(13)10(9)14;/h3-4,6H,5H2,1-2H3;/q-1;+1. The van der Waals surface area contributed by atoms with E-state index in [2.05, 4.69) is 13.8 Å². The Balaban J connectivity index is 0.00000256. The molecule has 0 aromatic heterocycles. The van der Waals surface area contributed by atoms with Crippen molar-refractivity contribution in [2.75, 3.05) is 6.16 Å². The zero-order valence-corrected chi connectivity index (χ0v) is 13.1. The van der Waals surface area contributed by atoms with Crippen LogP contribution in [0.1, 0.15) is 24.2 Å². The first kappa shape index (κ1) is 17.8. The molecule has 88 valence electrons. The van der Waals surface area contributed by atoms with Crippen molar-refractivity contribution in [3.05, 3.63) is 32.8 Å². The summed E-state index contributed by atoms with van der Waals surface area (Å²) < 4.78 is 0. The molecule has 0 spiro atoms. The van der Waals surface area contributed by atoms with Crippen LogP contribution in [0.25, 0.3) is 0 Å². The molecule has 0 saturated carbocycles. The van der Waals surface area contributed by atoms with Gasteiger partial charge in [0.2, 0.25) is 0 Å². The number of carbonyl (C=O) groups excluding carboxylic acids is 1. The molecular weight excluding hydrogens is 292 g/mol. The molecule has 0 unspecified atom stereocenters. The van der Waals surface area contributed by atoms with Crippen molar-refractivity contribution >= 4 is 48.9 Å². The van der Waals surface area contributed by atoms with Gasteiger partial charge in [-0.25, -0.2) is 0 Å². The van der Waals surface area contributed by atoms with Gasteiger partial charge in [-0.15, -0.1) is 0 Å². The molecule has 0 aliphatic heterocycles. The second-order valence-electron chi connectivity index (χ2n) is 3.76. The molecule has 1 aromatic rings. The van der Waals surface area contributed by atoms with E-state index in [1.54, 1.807) is 12.1 Å². The molecule has 0 bridgehead atoms. The van der Waals surface area contributed by atoms with E-state index >= 15 is 0 Å². The Hall–Kier alpha value is 0.787. The molecule has 0 radical (unpaired) electrons. The molecule has 0 atom stereocenters. The number of halogens is 3. The number of hydrogen-bond donors (Lipinski definition) is 0. The van der Waals surface area contributed by atoms with Gasteiger partial charge in [0.25, 0.3) is 0 Å². The fourth-order valence-corrected chi connectivity index (χ4v) is 2.82. The Labute approximate surface area is 131 Å². The third-order valence-electron chi connectivity index (χ3n) is 1.86. The maximum Gasteiger partial charge on any atom is 1.00 e. The van der Waals surface area contributed by atoms with Crippen LogP contribution < -0.4 is 18.9 Å². The summed E-state index contributed by atoms with van der Waals surface area (Å²) >= 11 is 17.8. The number of hydrogen-bond acceptors (Lipinski definition) is 1. The Morgan fingerprint density at radius 2 is 1.76 bits per heavy atom. The van der Waals surface area contributed by atoms with E-state index in [9.17, 15) is 4.79 Å². The van der Waals surface area contributed by atoms with E-state index in [0.29, 0.717) is 30.1 Å². The molecule has 0 saturated heterocycles. The zero-order valence-electron chi connectivity index (χ0n) is 9.93. The van der Waals surface area contributed by atoms with Gasteiger partial charge in [-0.3, -0.25) is 0 Å². The summed E-state index contributed by atoms with van der Waals surface area (Å²) in [5.41, 5.74) is 0.254. The first-order chi connectivity index (χ1) is 7.43. The fraction of sp³-hybridized carbons (Fsp3) is 0.364. The van der Waals surface area contributed by atoms with Crippen LogP contribution in [0.2, 0.25) is 15.1 Å². The van der Waals surface area contributed by atoms with Crippen LogP contribution in [-0.2, 0) is 0 Å². The van der Waals surface area contributed by atoms with Crippen LogP contribution in [0.15, 0.2) is 12.1 Å².